The van der Waals surface area contributed by atoms with Gasteiger partial charge in [-0.3, -0.25) is 19.6 Å². The zero-order valence-electron chi connectivity index (χ0n) is 23.0. The molecule has 12 heteroatoms. The molecule has 9 nitrogen and oxygen atoms in total. The number of anilines is 2. The molecule has 0 aliphatic carbocycles. The third-order valence-corrected chi connectivity index (χ3v) is 6.55. The molecule has 0 unspecified atom stereocenters. The van der Waals surface area contributed by atoms with E-state index in [1.165, 1.54) is 26.2 Å². The number of ether oxygens (including phenoxy) is 1. The van der Waals surface area contributed by atoms with Gasteiger partial charge in [0.15, 0.2) is 0 Å². The molecule has 214 valence electrons. The highest BCUT2D eigenvalue weighted by Crippen LogP contribution is 2.44. The second-order valence-corrected chi connectivity index (χ2v) is 9.61. The van der Waals surface area contributed by atoms with Crippen molar-refractivity contribution in [2.75, 3.05) is 17.7 Å². The van der Waals surface area contributed by atoms with E-state index in [9.17, 15) is 22.8 Å². The highest BCUT2D eigenvalue weighted by atomic mass is 19.4. The van der Waals surface area contributed by atoms with Crippen LogP contribution < -0.4 is 15.4 Å². The van der Waals surface area contributed by atoms with Gasteiger partial charge in [0.05, 0.1) is 30.0 Å². The molecule has 0 saturated carbocycles. The summed E-state index contributed by atoms with van der Waals surface area (Å²) in [5, 5.41) is 10.1. The van der Waals surface area contributed by atoms with Crippen molar-refractivity contribution in [2.24, 2.45) is 7.05 Å². The van der Waals surface area contributed by atoms with Gasteiger partial charge in [0.25, 0.3) is 5.91 Å². The number of aryl methyl sites for hydroxylation is 2. The molecule has 3 aromatic carbocycles. The van der Waals surface area contributed by atoms with E-state index in [1.807, 2.05) is 13.0 Å². The molecule has 0 aliphatic heterocycles. The van der Waals surface area contributed by atoms with Gasteiger partial charge in [-0.25, -0.2) is 9.97 Å². The van der Waals surface area contributed by atoms with Crippen LogP contribution in [0, 0.1) is 6.92 Å². The number of methoxy groups -OCH3 is 1. The predicted molar refractivity (Wildman–Crippen MR) is 152 cm³/mol. The number of halogens is 3. The number of benzene rings is 3. The van der Waals surface area contributed by atoms with Crippen molar-refractivity contribution in [3.05, 3.63) is 83.8 Å². The van der Waals surface area contributed by atoms with E-state index < -0.39 is 17.6 Å². The van der Waals surface area contributed by atoms with Crippen molar-refractivity contribution in [1.82, 2.24) is 19.7 Å². The van der Waals surface area contributed by atoms with Crippen molar-refractivity contribution in [2.45, 2.75) is 20.0 Å². The van der Waals surface area contributed by atoms with Gasteiger partial charge in [-0.05, 0) is 54.4 Å². The van der Waals surface area contributed by atoms with Crippen LogP contribution in [0.4, 0.5) is 24.8 Å². The van der Waals surface area contributed by atoms with Gasteiger partial charge in [0.2, 0.25) is 11.9 Å². The number of aromatic nitrogens is 4. The van der Waals surface area contributed by atoms with Gasteiger partial charge in [-0.2, -0.15) is 18.3 Å². The minimum atomic E-state index is -4.54. The number of rotatable bonds is 6. The number of alkyl halides is 3. The molecule has 0 atom stereocenters. The smallest absolute Gasteiger partial charge is 0.416 e. The molecule has 5 rings (SSSR count). The van der Waals surface area contributed by atoms with Crippen LogP contribution in [0.25, 0.3) is 33.2 Å². The minimum absolute atomic E-state index is 0.0197. The average Bonchev–Trinajstić information content (AvgIpc) is 3.37. The van der Waals surface area contributed by atoms with Crippen molar-refractivity contribution in [1.29, 1.82) is 0 Å². The van der Waals surface area contributed by atoms with E-state index in [0.717, 1.165) is 17.7 Å². The number of carbonyl (C=O) groups is 2. The summed E-state index contributed by atoms with van der Waals surface area (Å²) in [7, 11) is 3.29. The third kappa shape index (κ3) is 5.64. The van der Waals surface area contributed by atoms with Gasteiger partial charge in [-0.15, -0.1) is 0 Å². The van der Waals surface area contributed by atoms with Crippen LogP contribution in [0.15, 0.2) is 67.1 Å². The lowest BCUT2D eigenvalue weighted by molar-refractivity contribution is -0.137. The predicted octanol–water partition coefficient (Wildman–Crippen LogP) is 6.24. The fourth-order valence-electron chi connectivity index (χ4n) is 4.64. The third-order valence-electron chi connectivity index (χ3n) is 6.55. The first-order valence-electron chi connectivity index (χ1n) is 12.7. The first-order valence-corrected chi connectivity index (χ1v) is 12.7. The molecule has 0 radical (unpaired) electrons. The molecule has 2 N–H and O–H groups in total. The normalized spacial score (nSPS) is 11.4. The highest BCUT2D eigenvalue weighted by molar-refractivity contribution is 6.07. The number of nitrogens with one attached hydrogen (secondary N) is 2. The fourth-order valence-corrected chi connectivity index (χ4v) is 4.64. The standard InChI is InChI=1S/C30H25F3N6O3/c1-16-8-9-18(28(41)37-22-7-5-6-21(12-22)30(31,32)33)10-23(16)24-11-19-13-34-29(36-17(2)40)38-26(19)25(27(24)42-4)20-14-35-39(3)15-20/h5-15H,1-4H3,(H,37,41)(H,34,36,38,40). The van der Waals surface area contributed by atoms with Crippen LogP contribution in [-0.4, -0.2) is 38.7 Å². The van der Waals surface area contributed by atoms with E-state index in [4.69, 9.17) is 4.74 Å². The lowest BCUT2D eigenvalue weighted by Crippen LogP contribution is -2.13. The SMILES string of the molecule is COc1c(-c2cc(C(=O)Nc3cccc(C(F)(F)F)c3)ccc2C)cc2cnc(NC(C)=O)nc2c1-c1cnn(C)c1. The Kier molecular flexibility index (Phi) is 7.38. The molecular formula is C30H25F3N6O3. The van der Waals surface area contributed by atoms with Gasteiger partial charge in [0, 0.05) is 54.1 Å². The summed E-state index contributed by atoms with van der Waals surface area (Å²) < 4.78 is 47.1. The molecule has 2 heterocycles. The van der Waals surface area contributed by atoms with Gasteiger partial charge >= 0.3 is 6.18 Å². The van der Waals surface area contributed by atoms with Crippen molar-refractivity contribution in [3.8, 4) is 28.0 Å². The first-order chi connectivity index (χ1) is 19.9. The minimum Gasteiger partial charge on any atom is -0.495 e. The molecule has 5 aromatic rings. The quantitative estimate of drug-likeness (QED) is 0.248. The molecule has 0 saturated heterocycles. The molecule has 0 bridgehead atoms. The topological polar surface area (TPSA) is 111 Å². The molecular weight excluding hydrogens is 549 g/mol. The Hall–Kier alpha value is -5.26. The van der Waals surface area contributed by atoms with Crippen LogP contribution in [0.5, 0.6) is 5.75 Å². The zero-order chi connectivity index (χ0) is 30.2. The molecule has 2 aromatic heterocycles. The first kappa shape index (κ1) is 28.3. The molecule has 2 amide bonds. The second kappa shape index (κ2) is 11.0. The summed E-state index contributed by atoms with van der Waals surface area (Å²) in [6.45, 7) is 3.23. The van der Waals surface area contributed by atoms with E-state index in [1.54, 1.807) is 48.5 Å². The van der Waals surface area contributed by atoms with Gasteiger partial charge in [0.1, 0.15) is 5.75 Å². The summed E-state index contributed by atoms with van der Waals surface area (Å²) >= 11 is 0. The van der Waals surface area contributed by atoms with E-state index in [2.05, 4.69) is 25.7 Å². The maximum atomic E-state index is 13.2. The van der Waals surface area contributed by atoms with Gasteiger partial charge < -0.3 is 10.1 Å². The number of nitrogens with zero attached hydrogens (tertiary/aromatic N) is 4. The Morgan fingerprint density at radius 1 is 1.00 bits per heavy atom. The van der Waals surface area contributed by atoms with Crippen LogP contribution in [0.1, 0.15) is 28.4 Å². The summed E-state index contributed by atoms with van der Waals surface area (Å²) in [5.41, 5.74) is 3.30. The number of hydrogen-bond acceptors (Lipinski definition) is 6. The Morgan fingerprint density at radius 2 is 1.79 bits per heavy atom. The second-order valence-electron chi connectivity index (χ2n) is 9.61. The average molecular weight is 575 g/mol. The van der Waals surface area contributed by atoms with Crippen molar-refractivity contribution >= 4 is 34.4 Å². The fraction of sp³-hybridized carbons (Fsp3) is 0.167. The van der Waals surface area contributed by atoms with Crippen LogP contribution in [0.3, 0.4) is 0 Å². The maximum Gasteiger partial charge on any atom is 0.416 e. The summed E-state index contributed by atoms with van der Waals surface area (Å²) in [4.78, 5) is 33.7. The largest absolute Gasteiger partial charge is 0.495 e. The lowest BCUT2D eigenvalue weighted by Gasteiger charge is -2.18. The maximum absolute atomic E-state index is 13.2. The van der Waals surface area contributed by atoms with Crippen molar-refractivity contribution < 1.29 is 27.5 Å². The zero-order valence-corrected chi connectivity index (χ0v) is 23.0. The Bertz CT molecular complexity index is 1850. The van der Waals surface area contributed by atoms with Crippen LogP contribution in [0.2, 0.25) is 0 Å². The molecule has 42 heavy (non-hydrogen) atoms. The van der Waals surface area contributed by atoms with Crippen LogP contribution in [-0.2, 0) is 18.0 Å². The molecule has 0 fully saturated rings. The van der Waals surface area contributed by atoms with Gasteiger partial charge in [-0.1, -0.05) is 12.1 Å². The Morgan fingerprint density at radius 3 is 2.45 bits per heavy atom. The van der Waals surface area contributed by atoms with Crippen molar-refractivity contribution in [3.63, 3.8) is 0 Å². The van der Waals surface area contributed by atoms with E-state index in [-0.39, 0.29) is 23.1 Å². The molecule has 0 spiro atoms. The summed E-state index contributed by atoms with van der Waals surface area (Å²) in [6, 6.07) is 11.3. The number of hydrogen-bond donors (Lipinski definition) is 2. The van der Waals surface area contributed by atoms with E-state index >= 15 is 0 Å². The lowest BCUT2D eigenvalue weighted by atomic mass is 9.92. The van der Waals surface area contributed by atoms with Crippen LogP contribution >= 0.6 is 0 Å². The summed E-state index contributed by atoms with van der Waals surface area (Å²) in [6.07, 6.45) is 0.499. The summed E-state index contributed by atoms with van der Waals surface area (Å²) in [5.74, 6) is -0.330. The Balaban J connectivity index is 1.64. The van der Waals surface area contributed by atoms with E-state index in [0.29, 0.717) is 38.9 Å². The Labute approximate surface area is 238 Å². The highest BCUT2D eigenvalue weighted by Gasteiger charge is 2.30. The number of fused-ring (bicyclic) bond motifs is 1. The number of amides is 2. The number of carbonyl (C=O) groups excluding carboxylic acids is 2. The molecule has 0 aliphatic rings. The monoisotopic (exact) mass is 574 g/mol.